The van der Waals surface area contributed by atoms with E-state index in [9.17, 15) is 24.3 Å². The number of anilines is 1. The van der Waals surface area contributed by atoms with Crippen molar-refractivity contribution in [1.82, 2.24) is 25.5 Å². The summed E-state index contributed by atoms with van der Waals surface area (Å²) in [6, 6.07) is 9.16. The number of aromatic nitrogens is 2. The number of phenols is 1. The third-order valence-electron chi connectivity index (χ3n) is 5.97. The van der Waals surface area contributed by atoms with Gasteiger partial charge in [-0.2, -0.15) is 0 Å². The molecule has 0 aliphatic rings. The number of likely N-dealkylation sites (N-methyl/N-ethyl adjacent to an activating group) is 1. The van der Waals surface area contributed by atoms with Gasteiger partial charge in [-0.3, -0.25) is 14.4 Å². The van der Waals surface area contributed by atoms with Gasteiger partial charge in [-0.05, 0) is 55.8 Å². The average molecular weight is 583 g/mol. The van der Waals surface area contributed by atoms with Crippen LogP contribution in [0.15, 0.2) is 41.8 Å². The van der Waals surface area contributed by atoms with Gasteiger partial charge >= 0.3 is 5.97 Å². The third-order valence-corrected chi connectivity index (χ3v) is 6.84. The number of nitrogens with one attached hydrogen (secondary N) is 3. The highest BCUT2D eigenvalue weighted by atomic mass is 32.1. The van der Waals surface area contributed by atoms with Crippen LogP contribution in [0.2, 0.25) is 0 Å². The van der Waals surface area contributed by atoms with Crippen LogP contribution in [0.5, 0.6) is 5.75 Å². The topological polar surface area (TPSA) is 163 Å². The Labute approximate surface area is 242 Å². The van der Waals surface area contributed by atoms with Gasteiger partial charge in [-0.1, -0.05) is 18.2 Å². The number of phenolic OH excluding ortho intramolecular Hbond substituents is 1. The van der Waals surface area contributed by atoms with Crippen molar-refractivity contribution in [2.45, 2.75) is 32.7 Å². The minimum atomic E-state index is -1.27. The molecule has 0 saturated heterocycles. The Bertz CT molecular complexity index is 1360. The van der Waals surface area contributed by atoms with Crippen LogP contribution in [0.3, 0.4) is 0 Å². The molecule has 1 atom stereocenters. The molecule has 0 bridgehead atoms. The molecule has 3 amide bonds. The van der Waals surface area contributed by atoms with Gasteiger partial charge in [0.15, 0.2) is 6.61 Å². The zero-order valence-corrected chi connectivity index (χ0v) is 24.2. The molecule has 3 aromatic rings. The molecule has 218 valence electrons. The lowest BCUT2D eigenvalue weighted by atomic mass is 10.1. The minimum Gasteiger partial charge on any atom is -0.508 e. The second-order valence-corrected chi connectivity index (χ2v) is 10.4. The number of nitrogens with zero attached hydrogens (tertiary/aromatic N) is 3. The maximum Gasteiger partial charge on any atom is 0.331 e. The van der Waals surface area contributed by atoms with Crippen LogP contribution in [0, 0.1) is 13.8 Å². The molecule has 0 fully saturated rings. The number of carbonyl (C=O) groups is 4. The van der Waals surface area contributed by atoms with E-state index >= 15 is 0 Å². The first-order valence-electron chi connectivity index (χ1n) is 12.9. The van der Waals surface area contributed by atoms with Crippen molar-refractivity contribution in [3.63, 3.8) is 0 Å². The predicted octanol–water partition coefficient (Wildman–Crippen LogP) is 2.07. The van der Waals surface area contributed by atoms with Crippen molar-refractivity contribution in [3.05, 3.63) is 69.2 Å². The summed E-state index contributed by atoms with van der Waals surface area (Å²) in [4.78, 5) is 60.9. The summed E-state index contributed by atoms with van der Waals surface area (Å²) in [5.74, 6) is -1.76. The molecule has 1 unspecified atom stereocenters. The van der Waals surface area contributed by atoms with E-state index in [-0.39, 0.29) is 17.9 Å². The number of thiophene rings is 1. The fraction of sp³-hybridized carbons (Fsp3) is 0.357. The molecule has 2 aromatic heterocycles. The Balaban J connectivity index is 1.65. The predicted molar refractivity (Wildman–Crippen MR) is 154 cm³/mol. The molecule has 0 spiro atoms. The Hall–Kier alpha value is -4.52. The molecule has 41 heavy (non-hydrogen) atoms. The molecule has 13 heteroatoms. The van der Waals surface area contributed by atoms with Gasteiger partial charge < -0.3 is 30.7 Å². The lowest BCUT2D eigenvalue weighted by Gasteiger charge is -2.20. The molecule has 4 N–H and O–H groups in total. The number of benzene rings is 1. The van der Waals surface area contributed by atoms with Crippen LogP contribution in [-0.4, -0.2) is 83.5 Å². The maximum atomic E-state index is 13.3. The van der Waals surface area contributed by atoms with Gasteiger partial charge in [0.1, 0.15) is 11.8 Å². The smallest absolute Gasteiger partial charge is 0.331 e. The van der Waals surface area contributed by atoms with Crippen LogP contribution in [0.25, 0.3) is 0 Å². The lowest BCUT2D eigenvalue weighted by Crippen LogP contribution is -2.50. The van der Waals surface area contributed by atoms with Gasteiger partial charge in [-0.15, -0.1) is 11.3 Å². The first-order valence-corrected chi connectivity index (χ1v) is 13.8. The number of carbonyl (C=O) groups excluding carboxylic acids is 4. The second-order valence-electron chi connectivity index (χ2n) is 9.40. The van der Waals surface area contributed by atoms with Crippen LogP contribution >= 0.6 is 11.3 Å². The molecule has 12 nitrogen and oxygen atoms in total. The van der Waals surface area contributed by atoms with Gasteiger partial charge in [0.05, 0.1) is 21.8 Å². The number of amides is 3. The minimum absolute atomic E-state index is 0.182. The molecule has 0 aliphatic heterocycles. The normalized spacial score (nSPS) is 11.3. The highest BCUT2D eigenvalue weighted by Crippen LogP contribution is 2.15. The highest BCUT2D eigenvalue weighted by Gasteiger charge is 2.27. The highest BCUT2D eigenvalue weighted by molar-refractivity contribution is 7.12. The molecular formula is C28H34N6O6S. The summed E-state index contributed by atoms with van der Waals surface area (Å²) in [7, 11) is 3.05. The summed E-state index contributed by atoms with van der Waals surface area (Å²) in [5, 5.41) is 19.7. The Morgan fingerprint density at radius 3 is 2.41 bits per heavy atom. The largest absolute Gasteiger partial charge is 0.508 e. The van der Waals surface area contributed by atoms with Gasteiger partial charge in [0.25, 0.3) is 17.7 Å². The summed E-state index contributed by atoms with van der Waals surface area (Å²) in [6.07, 6.45) is 1.52. The number of rotatable bonds is 13. The number of ether oxygens (including phenoxy) is 1. The Morgan fingerprint density at radius 2 is 1.78 bits per heavy atom. The third kappa shape index (κ3) is 9.28. The first kappa shape index (κ1) is 31.0. The van der Waals surface area contributed by atoms with E-state index in [2.05, 4.69) is 25.9 Å². The van der Waals surface area contributed by atoms with E-state index in [0.29, 0.717) is 28.8 Å². The second kappa shape index (κ2) is 14.7. The Kier molecular flexibility index (Phi) is 11.2. The Morgan fingerprint density at radius 1 is 1.05 bits per heavy atom. The maximum absolute atomic E-state index is 13.3. The molecular weight excluding hydrogens is 548 g/mol. The lowest BCUT2D eigenvalue weighted by molar-refractivity contribution is -0.152. The van der Waals surface area contributed by atoms with E-state index in [4.69, 9.17) is 4.74 Å². The number of aryl methyl sites for hydroxylation is 3. The molecule has 0 radical (unpaired) electrons. The fourth-order valence-corrected chi connectivity index (χ4v) is 4.44. The standard InChI is InChI=1S/C28H34N6O6S/c1-17-24(18(2)32-28(31-17)29-12-6-9-19-8-5-10-20(35)14-19)26(38)33-21(27(39)40-16-23(36)34(3)4)15-30-25(37)22-11-7-13-41-22/h5,7-8,10-11,13-14,21,35H,6,9,12,15-16H2,1-4H3,(H,30,37)(H,33,38)(H,29,31,32). The average Bonchev–Trinajstić information content (AvgIpc) is 3.46. The van der Waals surface area contributed by atoms with E-state index in [1.807, 2.05) is 6.07 Å². The first-order chi connectivity index (χ1) is 19.5. The SMILES string of the molecule is Cc1nc(NCCCc2cccc(O)c2)nc(C)c1C(=O)NC(CNC(=O)c1cccs1)C(=O)OCC(=O)N(C)C. The van der Waals surface area contributed by atoms with E-state index in [1.165, 1.54) is 30.3 Å². The van der Waals surface area contributed by atoms with Crippen LogP contribution in [0.4, 0.5) is 5.95 Å². The van der Waals surface area contributed by atoms with Crippen molar-refractivity contribution >= 4 is 41.0 Å². The van der Waals surface area contributed by atoms with E-state index in [0.717, 1.165) is 18.4 Å². The van der Waals surface area contributed by atoms with E-state index in [1.54, 1.807) is 49.6 Å². The van der Waals surface area contributed by atoms with Crippen molar-refractivity contribution in [2.75, 3.05) is 39.1 Å². The molecule has 1 aromatic carbocycles. The number of hydrogen-bond acceptors (Lipinski definition) is 10. The molecule has 0 saturated carbocycles. The number of aromatic hydroxyl groups is 1. The molecule has 0 aliphatic carbocycles. The van der Waals surface area contributed by atoms with Crippen LogP contribution < -0.4 is 16.0 Å². The number of esters is 1. The molecule has 3 rings (SSSR count). The van der Waals surface area contributed by atoms with Gasteiger partial charge in [0, 0.05) is 27.2 Å². The molecule has 2 heterocycles. The van der Waals surface area contributed by atoms with Crippen LogP contribution in [0.1, 0.15) is 43.4 Å². The monoisotopic (exact) mass is 582 g/mol. The quantitative estimate of drug-likeness (QED) is 0.175. The summed E-state index contributed by atoms with van der Waals surface area (Å²) >= 11 is 1.23. The number of hydrogen-bond donors (Lipinski definition) is 4. The fourth-order valence-electron chi connectivity index (χ4n) is 3.80. The zero-order chi connectivity index (χ0) is 29.9. The summed E-state index contributed by atoms with van der Waals surface area (Å²) in [6.45, 7) is 3.12. The summed E-state index contributed by atoms with van der Waals surface area (Å²) < 4.78 is 5.11. The van der Waals surface area contributed by atoms with Crippen molar-refractivity contribution < 1.29 is 29.0 Å². The zero-order valence-electron chi connectivity index (χ0n) is 23.4. The van der Waals surface area contributed by atoms with Gasteiger partial charge in [0.2, 0.25) is 5.95 Å². The van der Waals surface area contributed by atoms with Crippen molar-refractivity contribution in [1.29, 1.82) is 0 Å². The van der Waals surface area contributed by atoms with Crippen LogP contribution in [-0.2, 0) is 20.7 Å². The van der Waals surface area contributed by atoms with E-state index < -0.39 is 36.3 Å². The van der Waals surface area contributed by atoms with Gasteiger partial charge in [-0.25, -0.2) is 14.8 Å². The van der Waals surface area contributed by atoms with Crippen molar-refractivity contribution in [3.8, 4) is 5.75 Å². The summed E-state index contributed by atoms with van der Waals surface area (Å²) in [5.41, 5.74) is 1.98. The van der Waals surface area contributed by atoms with Crippen molar-refractivity contribution in [2.24, 2.45) is 0 Å².